The van der Waals surface area contributed by atoms with Crippen molar-refractivity contribution in [1.82, 2.24) is 0 Å². The third-order valence-corrected chi connectivity index (χ3v) is 3.15. The molecule has 0 spiro atoms. The van der Waals surface area contributed by atoms with Gasteiger partial charge in [-0.1, -0.05) is 19.8 Å². The third kappa shape index (κ3) is 4.42. The van der Waals surface area contributed by atoms with Gasteiger partial charge in [0.1, 0.15) is 0 Å². The highest BCUT2D eigenvalue weighted by molar-refractivity contribution is 5.51. The summed E-state index contributed by atoms with van der Waals surface area (Å²) in [6.07, 6.45) is -1.07. The highest BCUT2D eigenvalue weighted by Crippen LogP contribution is 2.33. The molecule has 0 bridgehead atoms. The van der Waals surface area contributed by atoms with Crippen molar-refractivity contribution in [2.75, 3.05) is 18.5 Å². The smallest absolute Gasteiger partial charge is 0.375 e. The number of rotatable bonds is 6. The van der Waals surface area contributed by atoms with Gasteiger partial charge in [0.15, 0.2) is 0 Å². The summed E-state index contributed by atoms with van der Waals surface area (Å²) in [6, 6.07) is 4.16. The van der Waals surface area contributed by atoms with E-state index in [0.717, 1.165) is 37.6 Å². The molecule has 0 amide bonds. The Morgan fingerprint density at radius 1 is 1.21 bits per heavy atom. The van der Waals surface area contributed by atoms with Crippen LogP contribution in [0, 0.1) is 0 Å². The summed E-state index contributed by atoms with van der Waals surface area (Å²) >= 11 is 0. The molecule has 0 fully saturated rings. The second-order valence-electron chi connectivity index (χ2n) is 4.67. The predicted molar refractivity (Wildman–Crippen MR) is 72.1 cm³/mol. The number of unbranched alkanes of at least 4 members (excludes halogenated alkanes) is 2. The van der Waals surface area contributed by atoms with Gasteiger partial charge in [0, 0.05) is 25.8 Å². The summed E-state index contributed by atoms with van der Waals surface area (Å²) in [6.45, 7) is 2.85. The number of hydrogen-bond acceptors (Lipinski definition) is 2. The standard InChI is InChI=1S/C14H21F3N2/c1-3-4-5-8-19(2)12-6-7-13(14(15,16)17)11(9-12)10-18/h6-7,9H,3-5,8,10,18H2,1-2H3. The van der Waals surface area contributed by atoms with E-state index in [2.05, 4.69) is 6.92 Å². The van der Waals surface area contributed by atoms with E-state index in [0.29, 0.717) is 0 Å². The van der Waals surface area contributed by atoms with Gasteiger partial charge in [-0.05, 0) is 30.2 Å². The minimum absolute atomic E-state index is 0.106. The largest absolute Gasteiger partial charge is 0.416 e. The number of nitrogens with two attached hydrogens (primary N) is 1. The van der Waals surface area contributed by atoms with Gasteiger partial charge >= 0.3 is 6.18 Å². The van der Waals surface area contributed by atoms with E-state index in [4.69, 9.17) is 5.73 Å². The lowest BCUT2D eigenvalue weighted by Gasteiger charge is -2.21. The molecule has 0 aliphatic carbocycles. The average molecular weight is 274 g/mol. The zero-order valence-corrected chi connectivity index (χ0v) is 11.4. The van der Waals surface area contributed by atoms with E-state index in [1.165, 1.54) is 12.1 Å². The summed E-state index contributed by atoms with van der Waals surface area (Å²) in [5.41, 5.74) is 5.71. The molecule has 2 N–H and O–H groups in total. The van der Waals surface area contributed by atoms with E-state index in [-0.39, 0.29) is 12.1 Å². The quantitative estimate of drug-likeness (QED) is 0.800. The van der Waals surface area contributed by atoms with Crippen molar-refractivity contribution in [3.8, 4) is 0 Å². The molecule has 0 radical (unpaired) electrons. The second kappa shape index (κ2) is 6.80. The molecule has 0 aliphatic heterocycles. The van der Waals surface area contributed by atoms with Crippen LogP contribution in [-0.2, 0) is 12.7 Å². The minimum Gasteiger partial charge on any atom is -0.375 e. The Labute approximate surface area is 112 Å². The summed E-state index contributed by atoms with van der Waals surface area (Å²) in [5, 5.41) is 0. The number of nitrogens with zero attached hydrogens (tertiary/aromatic N) is 1. The highest BCUT2D eigenvalue weighted by atomic mass is 19.4. The van der Waals surface area contributed by atoms with Gasteiger partial charge in [0.2, 0.25) is 0 Å². The van der Waals surface area contributed by atoms with Crippen LogP contribution in [0.4, 0.5) is 18.9 Å². The maximum atomic E-state index is 12.7. The van der Waals surface area contributed by atoms with Crippen LogP contribution in [0.25, 0.3) is 0 Å². The van der Waals surface area contributed by atoms with Gasteiger partial charge in [0.25, 0.3) is 0 Å². The van der Waals surface area contributed by atoms with E-state index in [1.807, 2.05) is 11.9 Å². The molecule has 19 heavy (non-hydrogen) atoms. The molecule has 5 heteroatoms. The van der Waals surface area contributed by atoms with Gasteiger partial charge < -0.3 is 10.6 Å². The number of benzene rings is 1. The Bertz CT molecular complexity index is 402. The van der Waals surface area contributed by atoms with Crippen LogP contribution in [0.2, 0.25) is 0 Å². The minimum atomic E-state index is -4.34. The van der Waals surface area contributed by atoms with E-state index >= 15 is 0 Å². The van der Waals surface area contributed by atoms with Crippen molar-refractivity contribution in [3.05, 3.63) is 29.3 Å². The van der Waals surface area contributed by atoms with E-state index < -0.39 is 11.7 Å². The summed E-state index contributed by atoms with van der Waals surface area (Å²) in [5.74, 6) is 0. The van der Waals surface area contributed by atoms with Crippen LogP contribution >= 0.6 is 0 Å². The van der Waals surface area contributed by atoms with Crippen LogP contribution in [0.1, 0.15) is 37.3 Å². The van der Waals surface area contributed by atoms with Gasteiger partial charge in [-0.15, -0.1) is 0 Å². The predicted octanol–water partition coefficient (Wildman–Crippen LogP) is 3.79. The van der Waals surface area contributed by atoms with Gasteiger partial charge in [0.05, 0.1) is 5.56 Å². The van der Waals surface area contributed by atoms with Crippen molar-refractivity contribution in [2.45, 2.75) is 38.9 Å². The van der Waals surface area contributed by atoms with Gasteiger partial charge in [-0.25, -0.2) is 0 Å². The van der Waals surface area contributed by atoms with Crippen molar-refractivity contribution in [1.29, 1.82) is 0 Å². The number of hydrogen-bond donors (Lipinski definition) is 1. The maximum Gasteiger partial charge on any atom is 0.416 e. The Hall–Kier alpha value is -1.23. The topological polar surface area (TPSA) is 29.3 Å². The molecule has 1 aromatic carbocycles. The Kier molecular flexibility index (Phi) is 5.66. The lowest BCUT2D eigenvalue weighted by Crippen LogP contribution is -2.20. The zero-order valence-electron chi connectivity index (χ0n) is 11.4. The van der Waals surface area contributed by atoms with Crippen molar-refractivity contribution in [3.63, 3.8) is 0 Å². The van der Waals surface area contributed by atoms with Crippen LogP contribution in [0.3, 0.4) is 0 Å². The summed E-state index contributed by atoms with van der Waals surface area (Å²) in [4.78, 5) is 1.97. The normalized spacial score (nSPS) is 11.7. The van der Waals surface area contributed by atoms with Crippen LogP contribution in [-0.4, -0.2) is 13.6 Å². The third-order valence-electron chi connectivity index (χ3n) is 3.15. The molecule has 0 saturated heterocycles. The molecular weight excluding hydrogens is 253 g/mol. The van der Waals surface area contributed by atoms with E-state index in [9.17, 15) is 13.2 Å². The fraction of sp³-hybridized carbons (Fsp3) is 0.571. The Morgan fingerprint density at radius 2 is 1.89 bits per heavy atom. The first-order valence-corrected chi connectivity index (χ1v) is 6.51. The average Bonchev–Trinajstić information content (AvgIpc) is 2.37. The van der Waals surface area contributed by atoms with Crippen LogP contribution in [0.15, 0.2) is 18.2 Å². The molecule has 0 aromatic heterocycles. The molecule has 0 saturated carbocycles. The Morgan fingerprint density at radius 3 is 2.42 bits per heavy atom. The van der Waals surface area contributed by atoms with Crippen molar-refractivity contribution in [2.24, 2.45) is 5.73 Å². The molecule has 2 nitrogen and oxygen atoms in total. The SMILES string of the molecule is CCCCCN(C)c1ccc(C(F)(F)F)c(CN)c1. The van der Waals surface area contributed by atoms with Gasteiger partial charge in [-0.3, -0.25) is 0 Å². The first kappa shape index (κ1) is 15.8. The molecule has 0 atom stereocenters. The van der Waals surface area contributed by atoms with E-state index in [1.54, 1.807) is 0 Å². The lowest BCUT2D eigenvalue weighted by molar-refractivity contribution is -0.138. The van der Waals surface area contributed by atoms with Gasteiger partial charge in [-0.2, -0.15) is 13.2 Å². The first-order chi connectivity index (χ1) is 8.90. The molecule has 108 valence electrons. The van der Waals surface area contributed by atoms with Crippen molar-refractivity contribution < 1.29 is 13.2 Å². The van der Waals surface area contributed by atoms with Crippen LogP contribution in [0.5, 0.6) is 0 Å². The number of halogens is 3. The molecule has 0 heterocycles. The lowest BCUT2D eigenvalue weighted by atomic mass is 10.1. The Balaban J connectivity index is 2.87. The molecule has 0 unspecified atom stereocenters. The number of anilines is 1. The fourth-order valence-corrected chi connectivity index (χ4v) is 1.99. The molecular formula is C14H21F3N2. The first-order valence-electron chi connectivity index (χ1n) is 6.51. The maximum absolute atomic E-state index is 12.7. The van der Waals surface area contributed by atoms with Crippen LogP contribution < -0.4 is 10.6 Å². The summed E-state index contributed by atoms with van der Waals surface area (Å²) < 4.78 is 38.2. The molecule has 1 rings (SSSR count). The number of alkyl halides is 3. The monoisotopic (exact) mass is 274 g/mol. The fourth-order valence-electron chi connectivity index (χ4n) is 1.99. The van der Waals surface area contributed by atoms with Crippen molar-refractivity contribution >= 4 is 5.69 Å². The molecule has 0 aliphatic rings. The highest BCUT2D eigenvalue weighted by Gasteiger charge is 2.32. The summed E-state index contributed by atoms with van der Waals surface area (Å²) in [7, 11) is 1.89. The molecule has 1 aromatic rings. The second-order valence-corrected chi connectivity index (χ2v) is 4.67. The zero-order chi connectivity index (χ0) is 14.5.